The molecule has 0 aromatic heterocycles. The minimum absolute atomic E-state index is 0.0382. The molecule has 0 aliphatic heterocycles. The fourth-order valence-electron chi connectivity index (χ4n) is 1.94. The summed E-state index contributed by atoms with van der Waals surface area (Å²) in [5, 5.41) is 2.58. The predicted molar refractivity (Wildman–Crippen MR) is 84.3 cm³/mol. The van der Waals surface area contributed by atoms with E-state index in [1.165, 1.54) is 31.2 Å². The second kappa shape index (κ2) is 7.68. The smallest absolute Gasteiger partial charge is 0.339 e. The molecule has 0 radical (unpaired) electrons. The van der Waals surface area contributed by atoms with Crippen molar-refractivity contribution in [2.45, 2.75) is 26.5 Å². The number of hydrogen-bond donors (Lipinski definition) is 1. The Kier molecular flexibility index (Phi) is 5.63. The van der Waals surface area contributed by atoms with E-state index in [1.54, 1.807) is 19.1 Å². The van der Waals surface area contributed by atoms with Crippen molar-refractivity contribution in [3.05, 3.63) is 70.8 Å². The van der Waals surface area contributed by atoms with Crippen LogP contribution in [0.3, 0.4) is 0 Å². The van der Waals surface area contributed by atoms with E-state index in [1.807, 2.05) is 0 Å². The quantitative estimate of drug-likeness (QED) is 0.855. The number of nitrogens with one attached hydrogen (secondary N) is 1. The minimum atomic E-state index is -1.04. The maximum atomic E-state index is 13.5. The fraction of sp³-hybridized carbons (Fsp3) is 0.222. The van der Waals surface area contributed by atoms with E-state index in [0.29, 0.717) is 11.1 Å². The number of amides is 1. The normalized spacial score (nSPS) is 11.7. The summed E-state index contributed by atoms with van der Waals surface area (Å²) in [5.41, 5.74) is 1.16. The molecular weight excluding hydrogens is 316 g/mol. The number of rotatable bonds is 5. The molecule has 0 aliphatic rings. The Morgan fingerprint density at radius 3 is 2.42 bits per heavy atom. The summed E-state index contributed by atoms with van der Waals surface area (Å²) in [6.07, 6.45) is -1.04. The van der Waals surface area contributed by atoms with Gasteiger partial charge in [0, 0.05) is 6.54 Å². The van der Waals surface area contributed by atoms with Gasteiger partial charge in [0.2, 0.25) is 0 Å². The van der Waals surface area contributed by atoms with Gasteiger partial charge in [0.25, 0.3) is 5.91 Å². The molecule has 0 saturated heterocycles. The Balaban J connectivity index is 1.89. The topological polar surface area (TPSA) is 55.4 Å². The van der Waals surface area contributed by atoms with Crippen molar-refractivity contribution in [1.82, 2.24) is 5.32 Å². The van der Waals surface area contributed by atoms with E-state index in [0.717, 1.165) is 6.07 Å². The highest BCUT2D eigenvalue weighted by Crippen LogP contribution is 2.11. The first-order valence-electron chi connectivity index (χ1n) is 7.36. The van der Waals surface area contributed by atoms with Crippen molar-refractivity contribution in [1.29, 1.82) is 0 Å². The lowest BCUT2D eigenvalue weighted by Crippen LogP contribution is -2.35. The summed E-state index contributed by atoms with van der Waals surface area (Å²) in [6, 6.07) is 9.63. The van der Waals surface area contributed by atoms with Crippen LogP contribution in [0.15, 0.2) is 42.5 Å². The van der Waals surface area contributed by atoms with Gasteiger partial charge in [0.05, 0.1) is 5.56 Å². The zero-order valence-electron chi connectivity index (χ0n) is 13.3. The fourth-order valence-corrected chi connectivity index (χ4v) is 1.94. The molecule has 6 heteroatoms. The van der Waals surface area contributed by atoms with Crippen LogP contribution in [-0.2, 0) is 16.1 Å². The highest BCUT2D eigenvalue weighted by molar-refractivity contribution is 5.92. The van der Waals surface area contributed by atoms with Crippen LogP contribution in [0.2, 0.25) is 0 Å². The Labute approximate surface area is 138 Å². The molecule has 2 rings (SSSR count). The van der Waals surface area contributed by atoms with Gasteiger partial charge in [-0.25, -0.2) is 13.6 Å². The van der Waals surface area contributed by atoms with Crippen LogP contribution in [0.25, 0.3) is 0 Å². The molecule has 0 spiro atoms. The molecule has 0 unspecified atom stereocenters. The second-order valence-electron chi connectivity index (χ2n) is 5.36. The lowest BCUT2D eigenvalue weighted by molar-refractivity contribution is -0.129. The van der Waals surface area contributed by atoms with Gasteiger partial charge < -0.3 is 10.1 Å². The van der Waals surface area contributed by atoms with E-state index in [9.17, 15) is 18.4 Å². The first-order chi connectivity index (χ1) is 11.4. The van der Waals surface area contributed by atoms with Gasteiger partial charge in [-0.1, -0.05) is 18.2 Å². The second-order valence-corrected chi connectivity index (χ2v) is 5.36. The summed E-state index contributed by atoms with van der Waals surface area (Å²) in [4.78, 5) is 23.9. The summed E-state index contributed by atoms with van der Waals surface area (Å²) in [5.74, 6) is -2.16. The Morgan fingerprint density at radius 2 is 1.79 bits per heavy atom. The van der Waals surface area contributed by atoms with Crippen molar-refractivity contribution < 1.29 is 23.1 Å². The van der Waals surface area contributed by atoms with E-state index < -0.39 is 23.8 Å². The zero-order valence-corrected chi connectivity index (χ0v) is 13.3. The number of esters is 1. The molecule has 2 aromatic rings. The molecule has 0 fully saturated rings. The molecule has 1 amide bonds. The summed E-state index contributed by atoms with van der Waals surface area (Å²) in [7, 11) is 0. The largest absolute Gasteiger partial charge is 0.449 e. The van der Waals surface area contributed by atoms with Crippen LogP contribution in [0.1, 0.15) is 28.4 Å². The molecule has 2 aromatic carbocycles. The Bertz CT molecular complexity index is 744. The monoisotopic (exact) mass is 333 g/mol. The molecule has 0 heterocycles. The van der Waals surface area contributed by atoms with Gasteiger partial charge in [-0.3, -0.25) is 4.79 Å². The first kappa shape index (κ1) is 17.6. The Hall–Kier alpha value is -2.76. The van der Waals surface area contributed by atoms with Crippen molar-refractivity contribution >= 4 is 11.9 Å². The number of benzene rings is 2. The molecule has 126 valence electrons. The first-order valence-corrected chi connectivity index (χ1v) is 7.36. The molecule has 1 atom stereocenters. The van der Waals surface area contributed by atoms with Gasteiger partial charge in [-0.05, 0) is 49.2 Å². The average Bonchev–Trinajstić information content (AvgIpc) is 2.56. The van der Waals surface area contributed by atoms with E-state index in [-0.39, 0.29) is 17.9 Å². The van der Waals surface area contributed by atoms with Crippen LogP contribution in [0.4, 0.5) is 8.78 Å². The highest BCUT2D eigenvalue weighted by atomic mass is 19.1. The molecule has 24 heavy (non-hydrogen) atoms. The number of hydrogen-bond acceptors (Lipinski definition) is 3. The van der Waals surface area contributed by atoms with Crippen molar-refractivity contribution in [2.75, 3.05) is 0 Å². The number of aryl methyl sites for hydroxylation is 1. The van der Waals surface area contributed by atoms with E-state index >= 15 is 0 Å². The summed E-state index contributed by atoms with van der Waals surface area (Å²) < 4.78 is 31.3. The van der Waals surface area contributed by atoms with Gasteiger partial charge in [0.1, 0.15) is 11.6 Å². The van der Waals surface area contributed by atoms with Gasteiger partial charge in [-0.15, -0.1) is 0 Å². The molecule has 1 N–H and O–H groups in total. The van der Waals surface area contributed by atoms with Crippen LogP contribution in [0.5, 0.6) is 0 Å². The third kappa shape index (κ3) is 4.62. The molecule has 0 bridgehead atoms. The van der Waals surface area contributed by atoms with Crippen LogP contribution >= 0.6 is 0 Å². The number of halogens is 2. The summed E-state index contributed by atoms with van der Waals surface area (Å²) >= 11 is 0. The third-order valence-electron chi connectivity index (χ3n) is 3.44. The lowest BCUT2D eigenvalue weighted by Gasteiger charge is -2.14. The third-order valence-corrected chi connectivity index (χ3v) is 3.44. The standard InChI is InChI=1S/C18H17F2NO3/c1-11-3-6-14(9-16(11)20)18(23)24-12(2)17(22)21-10-13-4-7-15(19)8-5-13/h3-9,12H,10H2,1-2H3,(H,21,22)/t12-/m1/s1. The van der Waals surface area contributed by atoms with Crippen molar-refractivity contribution in [3.8, 4) is 0 Å². The molecule has 0 saturated carbocycles. The molecule has 0 aliphatic carbocycles. The predicted octanol–water partition coefficient (Wildman–Crippen LogP) is 3.13. The maximum Gasteiger partial charge on any atom is 0.339 e. The lowest BCUT2D eigenvalue weighted by atomic mass is 10.1. The average molecular weight is 333 g/mol. The zero-order chi connectivity index (χ0) is 17.7. The molecule has 4 nitrogen and oxygen atoms in total. The van der Waals surface area contributed by atoms with E-state index in [2.05, 4.69) is 5.32 Å². The van der Waals surface area contributed by atoms with Crippen LogP contribution in [-0.4, -0.2) is 18.0 Å². The number of ether oxygens (including phenoxy) is 1. The van der Waals surface area contributed by atoms with Crippen LogP contribution < -0.4 is 5.32 Å². The molecular formula is C18H17F2NO3. The van der Waals surface area contributed by atoms with E-state index in [4.69, 9.17) is 4.74 Å². The maximum absolute atomic E-state index is 13.5. The number of carbonyl (C=O) groups is 2. The van der Waals surface area contributed by atoms with Crippen molar-refractivity contribution in [3.63, 3.8) is 0 Å². The van der Waals surface area contributed by atoms with Gasteiger partial charge in [-0.2, -0.15) is 0 Å². The summed E-state index contributed by atoms with van der Waals surface area (Å²) in [6.45, 7) is 3.18. The van der Waals surface area contributed by atoms with Crippen LogP contribution in [0, 0.1) is 18.6 Å². The minimum Gasteiger partial charge on any atom is -0.449 e. The Morgan fingerprint density at radius 1 is 1.12 bits per heavy atom. The highest BCUT2D eigenvalue weighted by Gasteiger charge is 2.19. The SMILES string of the molecule is Cc1ccc(C(=O)O[C@H](C)C(=O)NCc2ccc(F)cc2)cc1F. The van der Waals surface area contributed by atoms with Gasteiger partial charge >= 0.3 is 5.97 Å². The van der Waals surface area contributed by atoms with Crippen molar-refractivity contribution in [2.24, 2.45) is 0 Å². The van der Waals surface area contributed by atoms with Gasteiger partial charge in [0.15, 0.2) is 6.10 Å². The number of carbonyl (C=O) groups excluding carboxylic acids is 2.